The van der Waals surface area contributed by atoms with Gasteiger partial charge in [-0.1, -0.05) is 52.9 Å². The van der Waals surface area contributed by atoms with Crippen LogP contribution in [-0.4, -0.2) is 5.78 Å². The Kier molecular flexibility index (Phi) is 9.02. The van der Waals surface area contributed by atoms with E-state index in [1.807, 2.05) is 0 Å². The third kappa shape index (κ3) is 7.11. The molecule has 1 heteroatoms. The lowest BCUT2D eigenvalue weighted by molar-refractivity contribution is -0.120. The summed E-state index contributed by atoms with van der Waals surface area (Å²) in [4.78, 5) is 11.5. The SMILES string of the molecule is CCCCC(=O)CC(CC)CCCC. The number of hydrogen-bond donors (Lipinski definition) is 0. The third-order valence-corrected chi connectivity index (χ3v) is 2.87. The maximum Gasteiger partial charge on any atom is 0.133 e. The first-order chi connectivity index (χ1) is 6.74. The summed E-state index contributed by atoms with van der Waals surface area (Å²) in [6.07, 6.45) is 8.78. The highest BCUT2D eigenvalue weighted by atomic mass is 16.1. The lowest BCUT2D eigenvalue weighted by Crippen LogP contribution is -2.07. The minimum absolute atomic E-state index is 0.481. The highest BCUT2D eigenvalue weighted by Gasteiger charge is 2.10. The van der Waals surface area contributed by atoms with Crippen LogP contribution in [0.5, 0.6) is 0 Å². The van der Waals surface area contributed by atoms with Crippen molar-refractivity contribution < 1.29 is 4.79 Å². The average molecular weight is 198 g/mol. The van der Waals surface area contributed by atoms with Crippen molar-refractivity contribution in [2.24, 2.45) is 5.92 Å². The van der Waals surface area contributed by atoms with Gasteiger partial charge >= 0.3 is 0 Å². The molecular weight excluding hydrogens is 172 g/mol. The van der Waals surface area contributed by atoms with Crippen LogP contribution in [0, 0.1) is 5.92 Å². The molecule has 1 unspecified atom stereocenters. The summed E-state index contributed by atoms with van der Waals surface area (Å²) in [5, 5.41) is 0. The van der Waals surface area contributed by atoms with Crippen molar-refractivity contribution in [1.82, 2.24) is 0 Å². The van der Waals surface area contributed by atoms with E-state index in [0.717, 1.165) is 32.1 Å². The summed E-state index contributed by atoms with van der Waals surface area (Å²) < 4.78 is 0. The van der Waals surface area contributed by atoms with Crippen LogP contribution in [0.15, 0.2) is 0 Å². The van der Waals surface area contributed by atoms with E-state index < -0.39 is 0 Å². The normalized spacial score (nSPS) is 12.8. The Bertz CT molecular complexity index is 140. The topological polar surface area (TPSA) is 17.1 Å². The van der Waals surface area contributed by atoms with Gasteiger partial charge in [0.15, 0.2) is 0 Å². The molecule has 0 rings (SSSR count). The molecule has 0 aromatic carbocycles. The molecule has 0 saturated carbocycles. The molecule has 0 fully saturated rings. The molecule has 1 atom stereocenters. The van der Waals surface area contributed by atoms with Crippen molar-refractivity contribution >= 4 is 5.78 Å². The second-order valence-electron chi connectivity index (χ2n) is 4.26. The molecule has 14 heavy (non-hydrogen) atoms. The number of carbonyl (C=O) groups is 1. The summed E-state index contributed by atoms with van der Waals surface area (Å²) in [7, 11) is 0. The number of ketones is 1. The van der Waals surface area contributed by atoms with Crippen LogP contribution in [0.3, 0.4) is 0 Å². The molecule has 0 aliphatic heterocycles. The summed E-state index contributed by atoms with van der Waals surface area (Å²) >= 11 is 0. The smallest absolute Gasteiger partial charge is 0.133 e. The van der Waals surface area contributed by atoms with Gasteiger partial charge in [0.1, 0.15) is 5.78 Å². The highest BCUT2D eigenvalue weighted by molar-refractivity contribution is 5.78. The van der Waals surface area contributed by atoms with E-state index in [1.165, 1.54) is 19.3 Å². The van der Waals surface area contributed by atoms with Crippen molar-refractivity contribution in [2.75, 3.05) is 0 Å². The van der Waals surface area contributed by atoms with Crippen molar-refractivity contribution in [1.29, 1.82) is 0 Å². The maximum atomic E-state index is 11.5. The van der Waals surface area contributed by atoms with Crippen molar-refractivity contribution in [3.05, 3.63) is 0 Å². The fraction of sp³-hybridized carbons (Fsp3) is 0.923. The first kappa shape index (κ1) is 13.7. The average Bonchev–Trinajstić information content (AvgIpc) is 2.21. The standard InChI is InChI=1S/C13H26O/c1-4-7-9-12(6-3)11-13(14)10-8-5-2/h12H,4-11H2,1-3H3. The van der Waals surface area contributed by atoms with E-state index >= 15 is 0 Å². The second kappa shape index (κ2) is 9.23. The second-order valence-corrected chi connectivity index (χ2v) is 4.26. The van der Waals surface area contributed by atoms with Gasteiger partial charge in [0, 0.05) is 12.8 Å². The van der Waals surface area contributed by atoms with Gasteiger partial charge in [0.25, 0.3) is 0 Å². The largest absolute Gasteiger partial charge is 0.300 e. The summed E-state index contributed by atoms with van der Waals surface area (Å²) in [6.45, 7) is 6.56. The lowest BCUT2D eigenvalue weighted by Gasteiger charge is -2.12. The Morgan fingerprint density at radius 2 is 1.71 bits per heavy atom. The van der Waals surface area contributed by atoms with E-state index in [-0.39, 0.29) is 0 Å². The maximum absolute atomic E-state index is 11.5. The monoisotopic (exact) mass is 198 g/mol. The first-order valence-electron chi connectivity index (χ1n) is 6.26. The quantitative estimate of drug-likeness (QED) is 0.538. The van der Waals surface area contributed by atoms with Gasteiger partial charge < -0.3 is 0 Å². The van der Waals surface area contributed by atoms with Gasteiger partial charge in [-0.15, -0.1) is 0 Å². The Morgan fingerprint density at radius 1 is 1.07 bits per heavy atom. The molecule has 84 valence electrons. The fourth-order valence-corrected chi connectivity index (χ4v) is 1.74. The van der Waals surface area contributed by atoms with E-state index in [1.54, 1.807) is 0 Å². The number of Topliss-reactive ketones (excluding diaryl/α,β-unsaturated/α-hetero) is 1. The molecule has 0 spiro atoms. The van der Waals surface area contributed by atoms with Crippen LogP contribution >= 0.6 is 0 Å². The van der Waals surface area contributed by atoms with Crippen LogP contribution in [-0.2, 0) is 4.79 Å². The predicted octanol–water partition coefficient (Wildman–Crippen LogP) is 4.35. The molecule has 0 aromatic heterocycles. The molecule has 0 N–H and O–H groups in total. The van der Waals surface area contributed by atoms with E-state index in [9.17, 15) is 4.79 Å². The molecule has 0 aliphatic carbocycles. The lowest BCUT2D eigenvalue weighted by atomic mass is 9.92. The van der Waals surface area contributed by atoms with Gasteiger partial charge in [0.2, 0.25) is 0 Å². The summed E-state index contributed by atoms with van der Waals surface area (Å²) in [6, 6.07) is 0. The Hall–Kier alpha value is -0.330. The van der Waals surface area contributed by atoms with Crippen LogP contribution in [0.2, 0.25) is 0 Å². The molecule has 1 nitrogen and oxygen atoms in total. The molecule has 0 aliphatic rings. The van der Waals surface area contributed by atoms with E-state index in [2.05, 4.69) is 20.8 Å². The zero-order valence-electron chi connectivity index (χ0n) is 10.1. The zero-order valence-corrected chi connectivity index (χ0v) is 10.1. The highest BCUT2D eigenvalue weighted by Crippen LogP contribution is 2.18. The number of unbranched alkanes of at least 4 members (excludes halogenated alkanes) is 2. The van der Waals surface area contributed by atoms with Crippen LogP contribution < -0.4 is 0 Å². The van der Waals surface area contributed by atoms with Crippen LogP contribution in [0.25, 0.3) is 0 Å². The number of hydrogen-bond acceptors (Lipinski definition) is 1. The molecule has 0 saturated heterocycles. The Balaban J connectivity index is 3.62. The molecule has 0 heterocycles. The van der Waals surface area contributed by atoms with E-state index in [4.69, 9.17) is 0 Å². The van der Waals surface area contributed by atoms with Gasteiger partial charge in [-0.05, 0) is 12.3 Å². The fourth-order valence-electron chi connectivity index (χ4n) is 1.74. The van der Waals surface area contributed by atoms with Crippen molar-refractivity contribution in [3.63, 3.8) is 0 Å². The first-order valence-corrected chi connectivity index (χ1v) is 6.26. The van der Waals surface area contributed by atoms with E-state index in [0.29, 0.717) is 11.7 Å². The summed E-state index contributed by atoms with van der Waals surface area (Å²) in [5.41, 5.74) is 0. The van der Waals surface area contributed by atoms with Gasteiger partial charge in [0.05, 0.1) is 0 Å². The Morgan fingerprint density at radius 3 is 2.21 bits per heavy atom. The van der Waals surface area contributed by atoms with Crippen LogP contribution in [0.1, 0.15) is 72.1 Å². The molecular formula is C13H26O. The summed E-state index contributed by atoms with van der Waals surface area (Å²) in [5.74, 6) is 1.13. The molecule has 0 aromatic rings. The van der Waals surface area contributed by atoms with Crippen molar-refractivity contribution in [3.8, 4) is 0 Å². The predicted molar refractivity (Wildman–Crippen MR) is 62.5 cm³/mol. The minimum Gasteiger partial charge on any atom is -0.300 e. The number of carbonyl (C=O) groups excluding carboxylic acids is 1. The Labute approximate surface area is 89.3 Å². The minimum atomic E-state index is 0.481. The molecule has 0 radical (unpaired) electrons. The van der Waals surface area contributed by atoms with Crippen molar-refractivity contribution in [2.45, 2.75) is 72.1 Å². The third-order valence-electron chi connectivity index (χ3n) is 2.87. The van der Waals surface area contributed by atoms with Gasteiger partial charge in [-0.25, -0.2) is 0 Å². The zero-order chi connectivity index (χ0) is 10.8. The molecule has 0 amide bonds. The van der Waals surface area contributed by atoms with Gasteiger partial charge in [-0.2, -0.15) is 0 Å². The van der Waals surface area contributed by atoms with Crippen LogP contribution in [0.4, 0.5) is 0 Å². The van der Waals surface area contributed by atoms with Gasteiger partial charge in [-0.3, -0.25) is 4.79 Å². The number of rotatable bonds is 9. The molecule has 0 bridgehead atoms.